The van der Waals surface area contributed by atoms with Crippen molar-refractivity contribution in [3.8, 4) is 0 Å². The van der Waals surface area contributed by atoms with E-state index in [-0.39, 0.29) is 18.4 Å². The zero-order valence-electron chi connectivity index (χ0n) is 13.8. The van der Waals surface area contributed by atoms with Crippen molar-refractivity contribution >= 4 is 22.8 Å². The molecule has 1 aliphatic heterocycles. The second-order valence-corrected chi connectivity index (χ2v) is 6.13. The van der Waals surface area contributed by atoms with Gasteiger partial charge in [-0.05, 0) is 31.4 Å². The van der Waals surface area contributed by atoms with Gasteiger partial charge in [-0.15, -0.1) is 5.10 Å². The van der Waals surface area contributed by atoms with Gasteiger partial charge in [0, 0.05) is 26.1 Å². The number of nitrogens with zero attached hydrogens (tertiary/aromatic N) is 4. The van der Waals surface area contributed by atoms with Crippen molar-refractivity contribution < 1.29 is 9.59 Å². The van der Waals surface area contributed by atoms with Crippen molar-refractivity contribution in [3.05, 3.63) is 24.3 Å². The van der Waals surface area contributed by atoms with Gasteiger partial charge in [0.05, 0.1) is 5.52 Å². The maximum Gasteiger partial charge on any atom is 0.241 e. The molecule has 24 heavy (non-hydrogen) atoms. The molecule has 1 saturated heterocycles. The van der Waals surface area contributed by atoms with E-state index in [9.17, 15) is 9.59 Å². The Morgan fingerprint density at radius 2 is 2.08 bits per heavy atom. The number of rotatable bonds is 6. The minimum Gasteiger partial charge on any atom is -0.354 e. The largest absolute Gasteiger partial charge is 0.354 e. The van der Waals surface area contributed by atoms with Gasteiger partial charge in [0.2, 0.25) is 11.8 Å². The van der Waals surface area contributed by atoms with Gasteiger partial charge < -0.3 is 10.2 Å². The maximum absolute atomic E-state index is 12.0. The summed E-state index contributed by atoms with van der Waals surface area (Å²) in [6.07, 6.45) is 4.64. The van der Waals surface area contributed by atoms with E-state index in [0.29, 0.717) is 19.5 Å². The summed E-state index contributed by atoms with van der Waals surface area (Å²) in [6, 6.07) is 7.56. The van der Waals surface area contributed by atoms with Gasteiger partial charge in [-0.3, -0.25) is 9.59 Å². The van der Waals surface area contributed by atoms with Gasteiger partial charge in [-0.1, -0.05) is 23.8 Å². The van der Waals surface area contributed by atoms with Crippen LogP contribution in [-0.2, 0) is 16.1 Å². The van der Waals surface area contributed by atoms with Crippen molar-refractivity contribution in [1.29, 1.82) is 0 Å². The number of nitrogens with one attached hydrogen (secondary N) is 1. The lowest BCUT2D eigenvalue weighted by atomic mass is 10.2. The molecule has 3 rings (SSSR count). The van der Waals surface area contributed by atoms with Crippen LogP contribution in [-0.4, -0.2) is 51.3 Å². The number of hydrogen-bond donors (Lipinski definition) is 1. The Morgan fingerprint density at radius 3 is 3.00 bits per heavy atom. The molecule has 0 radical (unpaired) electrons. The maximum atomic E-state index is 12.0. The minimum atomic E-state index is -0.0900. The summed E-state index contributed by atoms with van der Waals surface area (Å²) in [5.74, 6) is 0.153. The smallest absolute Gasteiger partial charge is 0.241 e. The van der Waals surface area contributed by atoms with E-state index < -0.39 is 0 Å². The summed E-state index contributed by atoms with van der Waals surface area (Å²) in [5, 5.41) is 10.9. The molecule has 1 aromatic carbocycles. The zero-order chi connectivity index (χ0) is 16.8. The number of carbonyl (C=O) groups is 2. The first kappa shape index (κ1) is 16.4. The van der Waals surface area contributed by atoms with E-state index in [1.807, 2.05) is 29.2 Å². The van der Waals surface area contributed by atoms with Crippen LogP contribution in [0.5, 0.6) is 0 Å². The van der Waals surface area contributed by atoms with E-state index in [1.165, 1.54) is 0 Å². The third-order valence-corrected chi connectivity index (χ3v) is 4.31. The predicted octanol–water partition coefficient (Wildman–Crippen LogP) is 1.34. The average molecular weight is 329 g/mol. The van der Waals surface area contributed by atoms with Crippen molar-refractivity contribution in [3.63, 3.8) is 0 Å². The molecule has 1 aliphatic rings. The Labute approximate surface area is 141 Å². The number of carbonyl (C=O) groups excluding carboxylic acids is 2. The molecular weight excluding hydrogens is 306 g/mol. The highest BCUT2D eigenvalue weighted by atomic mass is 16.2. The normalized spacial score (nSPS) is 15.5. The third-order valence-electron chi connectivity index (χ3n) is 4.31. The van der Waals surface area contributed by atoms with Crippen LogP contribution in [0, 0.1) is 0 Å². The summed E-state index contributed by atoms with van der Waals surface area (Å²) < 4.78 is 1.60. The quantitative estimate of drug-likeness (QED) is 0.811. The molecule has 0 spiro atoms. The van der Waals surface area contributed by atoms with E-state index >= 15 is 0 Å². The van der Waals surface area contributed by atoms with Gasteiger partial charge >= 0.3 is 0 Å². The van der Waals surface area contributed by atoms with Crippen molar-refractivity contribution in [2.45, 2.75) is 38.6 Å². The lowest BCUT2D eigenvalue weighted by Gasteiger charge is -2.20. The fourth-order valence-corrected chi connectivity index (χ4v) is 3.00. The first-order valence-electron chi connectivity index (χ1n) is 8.57. The molecule has 0 saturated carbocycles. The van der Waals surface area contributed by atoms with Gasteiger partial charge in [0.25, 0.3) is 0 Å². The summed E-state index contributed by atoms with van der Waals surface area (Å²) in [6.45, 7) is 2.28. The van der Waals surface area contributed by atoms with Crippen LogP contribution in [0.4, 0.5) is 0 Å². The van der Waals surface area contributed by atoms with Gasteiger partial charge in [-0.2, -0.15) is 0 Å². The second-order valence-electron chi connectivity index (χ2n) is 6.13. The number of benzene rings is 1. The van der Waals surface area contributed by atoms with E-state index in [0.717, 1.165) is 43.3 Å². The molecule has 2 aromatic rings. The predicted molar refractivity (Wildman–Crippen MR) is 90.2 cm³/mol. The summed E-state index contributed by atoms with van der Waals surface area (Å²) in [5.41, 5.74) is 1.63. The van der Waals surface area contributed by atoms with Crippen LogP contribution in [0.3, 0.4) is 0 Å². The monoisotopic (exact) mass is 329 g/mol. The minimum absolute atomic E-state index is 0.0900. The Morgan fingerprint density at radius 1 is 1.21 bits per heavy atom. The molecular formula is C17H23N5O2. The lowest BCUT2D eigenvalue weighted by Crippen LogP contribution is -2.34. The Bertz CT molecular complexity index is 712. The Kier molecular flexibility index (Phi) is 5.40. The number of aromatic nitrogens is 3. The lowest BCUT2D eigenvalue weighted by molar-refractivity contribution is -0.130. The van der Waals surface area contributed by atoms with Gasteiger partial charge in [0.15, 0.2) is 0 Å². The van der Waals surface area contributed by atoms with Crippen molar-refractivity contribution in [2.75, 3.05) is 19.6 Å². The number of hydrogen-bond acceptors (Lipinski definition) is 4. The molecule has 1 fully saturated rings. The number of likely N-dealkylation sites (tertiary alicyclic amines) is 1. The van der Waals surface area contributed by atoms with Gasteiger partial charge in [0.1, 0.15) is 12.1 Å². The zero-order valence-corrected chi connectivity index (χ0v) is 13.8. The molecule has 1 aromatic heterocycles. The van der Waals surface area contributed by atoms with Crippen LogP contribution in [0.2, 0.25) is 0 Å². The van der Waals surface area contributed by atoms with Crippen LogP contribution in [0.25, 0.3) is 11.0 Å². The van der Waals surface area contributed by atoms with Crippen LogP contribution < -0.4 is 5.32 Å². The van der Waals surface area contributed by atoms with E-state index in [4.69, 9.17) is 0 Å². The van der Waals surface area contributed by atoms with Crippen LogP contribution in [0.15, 0.2) is 24.3 Å². The molecule has 2 amide bonds. The molecule has 0 bridgehead atoms. The molecule has 7 nitrogen and oxygen atoms in total. The highest BCUT2D eigenvalue weighted by Gasteiger charge is 2.15. The number of fused-ring (bicyclic) bond motifs is 1. The topological polar surface area (TPSA) is 80.1 Å². The number of para-hydroxylation sites is 1. The molecule has 2 heterocycles. The summed E-state index contributed by atoms with van der Waals surface area (Å²) in [7, 11) is 0. The van der Waals surface area contributed by atoms with Crippen LogP contribution >= 0.6 is 0 Å². The summed E-state index contributed by atoms with van der Waals surface area (Å²) >= 11 is 0. The van der Waals surface area contributed by atoms with Gasteiger partial charge in [-0.25, -0.2) is 4.68 Å². The molecule has 0 aliphatic carbocycles. The molecule has 7 heteroatoms. The second kappa shape index (κ2) is 7.90. The molecule has 128 valence electrons. The standard InChI is InChI=1S/C17H23N5O2/c23-16(13-22-15-8-4-3-7-14(15)19-20-22)18-10-6-12-21-11-5-1-2-9-17(21)24/h3-4,7-8H,1-2,5-6,9-13H2,(H,18,23). The summed E-state index contributed by atoms with van der Waals surface area (Å²) in [4.78, 5) is 25.9. The van der Waals surface area contributed by atoms with E-state index in [2.05, 4.69) is 15.6 Å². The molecule has 1 N–H and O–H groups in total. The van der Waals surface area contributed by atoms with Crippen LogP contribution in [0.1, 0.15) is 32.1 Å². The first-order valence-corrected chi connectivity index (χ1v) is 8.57. The SMILES string of the molecule is O=C(Cn1nnc2ccccc21)NCCCN1CCCCCC1=O. The fraction of sp³-hybridized carbons (Fsp3) is 0.529. The average Bonchev–Trinajstić information content (AvgIpc) is 2.87. The van der Waals surface area contributed by atoms with Crippen molar-refractivity contribution in [2.24, 2.45) is 0 Å². The highest BCUT2D eigenvalue weighted by Crippen LogP contribution is 2.11. The highest BCUT2D eigenvalue weighted by molar-refractivity contribution is 5.79. The van der Waals surface area contributed by atoms with E-state index in [1.54, 1.807) is 4.68 Å². The third kappa shape index (κ3) is 4.10. The Hall–Kier alpha value is -2.44. The fourth-order valence-electron chi connectivity index (χ4n) is 3.00. The Balaban J connectivity index is 1.42. The molecule has 0 atom stereocenters. The number of amides is 2. The van der Waals surface area contributed by atoms with Crippen molar-refractivity contribution in [1.82, 2.24) is 25.2 Å². The first-order chi connectivity index (χ1) is 11.7. The molecule has 0 unspecified atom stereocenters.